The molecule has 0 unspecified atom stereocenters. The van der Waals surface area contributed by atoms with Gasteiger partial charge in [-0.25, -0.2) is 0 Å². The number of amides is 2. The van der Waals surface area contributed by atoms with Crippen LogP contribution in [0.2, 0.25) is 0 Å². The summed E-state index contributed by atoms with van der Waals surface area (Å²) < 4.78 is 6.22. The van der Waals surface area contributed by atoms with Gasteiger partial charge in [-0.05, 0) is 49.2 Å². The number of nitrogens with zero attached hydrogens (tertiary/aromatic N) is 1. The van der Waals surface area contributed by atoms with Gasteiger partial charge in [0.15, 0.2) is 0 Å². The predicted molar refractivity (Wildman–Crippen MR) is 106 cm³/mol. The van der Waals surface area contributed by atoms with Crippen LogP contribution in [0, 0.1) is 19.8 Å². The first kappa shape index (κ1) is 18.5. The van der Waals surface area contributed by atoms with Crippen molar-refractivity contribution in [3.63, 3.8) is 0 Å². The number of hydrogen-bond acceptors (Lipinski definition) is 3. The van der Waals surface area contributed by atoms with E-state index in [0.717, 1.165) is 27.0 Å². The van der Waals surface area contributed by atoms with Crippen LogP contribution in [0.15, 0.2) is 40.9 Å². The Hall–Kier alpha value is -2.34. The Bertz CT molecular complexity index is 866. The maximum absolute atomic E-state index is 12.7. The highest BCUT2D eigenvalue weighted by molar-refractivity contribution is 9.10. The summed E-state index contributed by atoms with van der Waals surface area (Å²) >= 11 is 3.49. The quantitative estimate of drug-likeness (QED) is 0.816. The molecule has 0 bridgehead atoms. The van der Waals surface area contributed by atoms with Crippen molar-refractivity contribution >= 4 is 39.1 Å². The number of carbonyl (C=O) groups excluding carboxylic acids is 2. The Kier molecular flexibility index (Phi) is 5.32. The minimum atomic E-state index is -0.378. The Balaban J connectivity index is 1.74. The summed E-state index contributed by atoms with van der Waals surface area (Å²) in [4.78, 5) is 26.7. The zero-order valence-corrected chi connectivity index (χ0v) is 16.6. The Morgan fingerprint density at radius 1 is 1.23 bits per heavy atom. The first-order valence-corrected chi connectivity index (χ1v) is 9.21. The summed E-state index contributed by atoms with van der Waals surface area (Å²) in [7, 11) is 1.59. The van der Waals surface area contributed by atoms with Crippen molar-refractivity contribution in [3.05, 3.63) is 52.0 Å². The lowest BCUT2D eigenvalue weighted by molar-refractivity contribution is -0.122. The molecule has 136 valence electrons. The average molecular weight is 417 g/mol. The fourth-order valence-corrected chi connectivity index (χ4v) is 3.50. The number of hydrogen-bond donors (Lipinski definition) is 1. The second-order valence-electron chi connectivity index (χ2n) is 6.44. The molecule has 5 nitrogen and oxygen atoms in total. The van der Waals surface area contributed by atoms with Gasteiger partial charge in [-0.2, -0.15) is 0 Å². The third-order valence-corrected chi connectivity index (χ3v) is 5.70. The molecule has 0 saturated carbocycles. The molecule has 1 heterocycles. The number of methoxy groups -OCH3 is 1. The fourth-order valence-electron chi connectivity index (χ4n) is 3.07. The Labute approximate surface area is 161 Å². The van der Waals surface area contributed by atoms with Crippen LogP contribution in [0.4, 0.5) is 11.4 Å². The SMILES string of the molecule is COc1cccc(N2C[C@H](C(=O)Nc3ccc(Br)c(C)c3C)CC2=O)c1. The van der Waals surface area contributed by atoms with E-state index in [-0.39, 0.29) is 24.2 Å². The van der Waals surface area contributed by atoms with Crippen molar-refractivity contribution in [1.82, 2.24) is 0 Å². The highest BCUT2D eigenvalue weighted by Gasteiger charge is 2.35. The lowest BCUT2D eigenvalue weighted by atomic mass is 10.1. The van der Waals surface area contributed by atoms with Gasteiger partial charge in [-0.15, -0.1) is 0 Å². The van der Waals surface area contributed by atoms with Crippen molar-refractivity contribution in [1.29, 1.82) is 0 Å². The lowest BCUT2D eigenvalue weighted by Crippen LogP contribution is -2.28. The Morgan fingerprint density at radius 2 is 2.00 bits per heavy atom. The van der Waals surface area contributed by atoms with Gasteiger partial charge in [0, 0.05) is 34.9 Å². The maximum atomic E-state index is 12.7. The first-order chi connectivity index (χ1) is 12.4. The molecule has 0 aliphatic carbocycles. The minimum absolute atomic E-state index is 0.0536. The van der Waals surface area contributed by atoms with E-state index in [1.807, 2.05) is 44.2 Å². The van der Waals surface area contributed by atoms with E-state index in [1.54, 1.807) is 18.1 Å². The van der Waals surface area contributed by atoms with Crippen LogP contribution in [-0.4, -0.2) is 25.5 Å². The summed E-state index contributed by atoms with van der Waals surface area (Å²) in [5.41, 5.74) is 3.63. The first-order valence-electron chi connectivity index (χ1n) is 8.41. The number of carbonyl (C=O) groups is 2. The van der Waals surface area contributed by atoms with Crippen LogP contribution in [0.3, 0.4) is 0 Å². The second-order valence-corrected chi connectivity index (χ2v) is 7.30. The smallest absolute Gasteiger partial charge is 0.229 e. The van der Waals surface area contributed by atoms with Gasteiger partial charge in [0.1, 0.15) is 5.75 Å². The second kappa shape index (κ2) is 7.50. The van der Waals surface area contributed by atoms with Crippen molar-refractivity contribution < 1.29 is 14.3 Å². The molecule has 1 aliphatic rings. The van der Waals surface area contributed by atoms with Gasteiger partial charge < -0.3 is 15.0 Å². The lowest BCUT2D eigenvalue weighted by Gasteiger charge is -2.18. The third kappa shape index (κ3) is 3.60. The molecule has 0 aromatic heterocycles. The van der Waals surface area contributed by atoms with Crippen LogP contribution < -0.4 is 15.0 Å². The van der Waals surface area contributed by atoms with Crippen molar-refractivity contribution in [2.75, 3.05) is 23.9 Å². The molecule has 1 fully saturated rings. The van der Waals surface area contributed by atoms with Gasteiger partial charge in [0.2, 0.25) is 11.8 Å². The standard InChI is InChI=1S/C20H21BrN2O3/c1-12-13(2)18(8-7-17(12)21)22-20(25)14-9-19(24)23(11-14)15-5-4-6-16(10-15)26-3/h4-8,10,14H,9,11H2,1-3H3,(H,22,25)/t14-/m1/s1. The average Bonchev–Trinajstić information content (AvgIpc) is 3.04. The van der Waals surface area contributed by atoms with E-state index in [4.69, 9.17) is 4.74 Å². The highest BCUT2D eigenvalue weighted by atomic mass is 79.9. The topological polar surface area (TPSA) is 58.6 Å². The summed E-state index contributed by atoms with van der Waals surface area (Å²) in [5, 5.41) is 2.97. The maximum Gasteiger partial charge on any atom is 0.229 e. The highest BCUT2D eigenvalue weighted by Crippen LogP contribution is 2.30. The van der Waals surface area contributed by atoms with Gasteiger partial charge in [0.05, 0.1) is 13.0 Å². The van der Waals surface area contributed by atoms with Crippen molar-refractivity contribution in [2.45, 2.75) is 20.3 Å². The molecule has 1 N–H and O–H groups in total. The number of ether oxygens (including phenoxy) is 1. The van der Waals surface area contributed by atoms with E-state index in [9.17, 15) is 9.59 Å². The van der Waals surface area contributed by atoms with Gasteiger partial charge in [-0.1, -0.05) is 22.0 Å². The molecule has 26 heavy (non-hydrogen) atoms. The van der Waals surface area contributed by atoms with Crippen LogP contribution >= 0.6 is 15.9 Å². The number of benzene rings is 2. The van der Waals surface area contributed by atoms with Gasteiger partial charge in [-0.3, -0.25) is 9.59 Å². The third-order valence-electron chi connectivity index (χ3n) is 4.84. The van der Waals surface area contributed by atoms with Crippen LogP contribution in [0.25, 0.3) is 0 Å². The summed E-state index contributed by atoms with van der Waals surface area (Å²) in [6, 6.07) is 11.1. The van der Waals surface area contributed by atoms with Gasteiger partial charge in [0.25, 0.3) is 0 Å². The van der Waals surface area contributed by atoms with Crippen LogP contribution in [0.1, 0.15) is 17.5 Å². The molecule has 2 aromatic carbocycles. The largest absolute Gasteiger partial charge is 0.497 e. The van der Waals surface area contributed by atoms with Crippen LogP contribution in [0.5, 0.6) is 5.75 Å². The normalized spacial score (nSPS) is 16.7. The molecule has 0 spiro atoms. The molecular formula is C20H21BrN2O3. The Morgan fingerprint density at radius 3 is 2.73 bits per heavy atom. The molecule has 1 saturated heterocycles. The number of nitrogens with one attached hydrogen (secondary N) is 1. The van der Waals surface area contributed by atoms with Crippen molar-refractivity contribution in [2.24, 2.45) is 5.92 Å². The molecule has 1 aliphatic heterocycles. The van der Waals surface area contributed by atoms with E-state index in [0.29, 0.717) is 12.3 Å². The monoisotopic (exact) mass is 416 g/mol. The molecule has 3 rings (SSSR count). The molecule has 0 radical (unpaired) electrons. The minimum Gasteiger partial charge on any atom is -0.497 e. The molecule has 1 atom stereocenters. The summed E-state index contributed by atoms with van der Waals surface area (Å²) in [5.74, 6) is 0.122. The zero-order valence-electron chi connectivity index (χ0n) is 15.0. The predicted octanol–water partition coefficient (Wildman–Crippen LogP) is 4.07. The van der Waals surface area contributed by atoms with Crippen molar-refractivity contribution in [3.8, 4) is 5.75 Å². The van der Waals surface area contributed by atoms with Crippen LogP contribution in [-0.2, 0) is 9.59 Å². The number of rotatable bonds is 4. The molecule has 2 aromatic rings. The molecule has 2 amide bonds. The fraction of sp³-hybridized carbons (Fsp3) is 0.300. The molecule has 6 heteroatoms. The van der Waals surface area contributed by atoms with E-state index < -0.39 is 0 Å². The van der Waals surface area contributed by atoms with E-state index in [1.165, 1.54) is 0 Å². The summed E-state index contributed by atoms with van der Waals surface area (Å²) in [6.07, 6.45) is 0.206. The zero-order chi connectivity index (χ0) is 18.8. The number of anilines is 2. The van der Waals surface area contributed by atoms with E-state index >= 15 is 0 Å². The van der Waals surface area contributed by atoms with Gasteiger partial charge >= 0.3 is 0 Å². The summed E-state index contributed by atoms with van der Waals surface area (Å²) in [6.45, 7) is 4.34. The molecular weight excluding hydrogens is 396 g/mol. The number of halogens is 1. The van der Waals surface area contributed by atoms with E-state index in [2.05, 4.69) is 21.2 Å².